The Morgan fingerprint density at radius 1 is 1.30 bits per heavy atom. The minimum Gasteiger partial charge on any atom is -0.355 e. The fourth-order valence-electron chi connectivity index (χ4n) is 4.26. The lowest BCUT2D eigenvalue weighted by atomic mass is 9.93. The number of hydrogen-bond donors (Lipinski definition) is 1. The second kappa shape index (κ2) is 8.58. The fourth-order valence-corrected chi connectivity index (χ4v) is 4.26. The van der Waals surface area contributed by atoms with E-state index < -0.39 is 0 Å². The van der Waals surface area contributed by atoms with Gasteiger partial charge in [0.2, 0.25) is 11.8 Å². The van der Waals surface area contributed by atoms with Crippen LogP contribution < -0.4 is 5.32 Å². The third-order valence-corrected chi connectivity index (χ3v) is 5.66. The lowest BCUT2D eigenvalue weighted by Crippen LogP contribution is -2.45. The highest BCUT2D eigenvalue weighted by molar-refractivity contribution is 5.81. The van der Waals surface area contributed by atoms with Gasteiger partial charge in [-0.3, -0.25) is 14.3 Å². The van der Waals surface area contributed by atoms with Gasteiger partial charge in [0.05, 0.1) is 12.2 Å². The standard InChI is InChI=1S/C23H31FN4O2/c1-15(10-16-6-8-19(24)9-7-16)22(30)25-12-17-11-20(29)28(23(2,3)4)21(17)18-13-26-27(5)14-18/h6-9,13-15,17,21H,10-12H2,1-5H3,(H,25,30)/t15-,17+,21-/m1/s1. The van der Waals surface area contributed by atoms with Crippen molar-refractivity contribution in [2.75, 3.05) is 6.54 Å². The Morgan fingerprint density at radius 3 is 2.53 bits per heavy atom. The average Bonchev–Trinajstić information content (AvgIpc) is 3.23. The number of benzene rings is 1. The van der Waals surface area contributed by atoms with Crippen LogP contribution in [0.3, 0.4) is 0 Å². The van der Waals surface area contributed by atoms with Gasteiger partial charge in [0.1, 0.15) is 5.82 Å². The number of rotatable bonds is 6. The van der Waals surface area contributed by atoms with E-state index in [1.54, 1.807) is 23.0 Å². The van der Waals surface area contributed by atoms with Crippen LogP contribution in [0.1, 0.15) is 51.3 Å². The van der Waals surface area contributed by atoms with E-state index in [2.05, 4.69) is 10.4 Å². The predicted octanol–water partition coefficient (Wildman–Crippen LogP) is 3.24. The average molecular weight is 415 g/mol. The number of carbonyl (C=O) groups excluding carboxylic acids is 2. The second-order valence-corrected chi connectivity index (χ2v) is 9.27. The molecule has 30 heavy (non-hydrogen) atoms. The molecule has 7 heteroatoms. The van der Waals surface area contributed by atoms with Gasteiger partial charge < -0.3 is 10.2 Å². The van der Waals surface area contributed by atoms with Crippen LogP contribution in [0.15, 0.2) is 36.7 Å². The van der Waals surface area contributed by atoms with Crippen LogP contribution >= 0.6 is 0 Å². The summed E-state index contributed by atoms with van der Waals surface area (Å²) < 4.78 is 14.8. The van der Waals surface area contributed by atoms with Gasteiger partial charge in [-0.1, -0.05) is 19.1 Å². The van der Waals surface area contributed by atoms with E-state index >= 15 is 0 Å². The summed E-state index contributed by atoms with van der Waals surface area (Å²) in [7, 11) is 1.86. The van der Waals surface area contributed by atoms with E-state index in [0.717, 1.165) is 11.1 Å². The highest BCUT2D eigenvalue weighted by atomic mass is 19.1. The van der Waals surface area contributed by atoms with Crippen LogP contribution in [0.25, 0.3) is 0 Å². The number of aryl methyl sites for hydroxylation is 1. The van der Waals surface area contributed by atoms with Gasteiger partial charge >= 0.3 is 0 Å². The molecular formula is C23H31FN4O2. The minimum atomic E-state index is -0.327. The first kappa shape index (κ1) is 22.0. The predicted molar refractivity (Wildman–Crippen MR) is 113 cm³/mol. The number of nitrogens with zero attached hydrogens (tertiary/aromatic N) is 3. The molecule has 3 atom stereocenters. The van der Waals surface area contributed by atoms with Crippen molar-refractivity contribution in [3.63, 3.8) is 0 Å². The second-order valence-electron chi connectivity index (χ2n) is 9.27. The van der Waals surface area contributed by atoms with E-state index in [1.165, 1.54) is 12.1 Å². The third-order valence-electron chi connectivity index (χ3n) is 5.66. The van der Waals surface area contributed by atoms with Crippen LogP contribution in [0.2, 0.25) is 0 Å². The molecule has 2 amide bonds. The van der Waals surface area contributed by atoms with Gasteiger partial charge in [-0.05, 0) is 44.9 Å². The summed E-state index contributed by atoms with van der Waals surface area (Å²) in [6, 6.07) is 6.09. The maximum atomic E-state index is 13.1. The van der Waals surface area contributed by atoms with Crippen LogP contribution in [0.4, 0.5) is 4.39 Å². The summed E-state index contributed by atoms with van der Waals surface area (Å²) in [5.74, 6) is -0.529. The lowest BCUT2D eigenvalue weighted by Gasteiger charge is -2.38. The number of likely N-dealkylation sites (tertiary alicyclic amines) is 1. The maximum absolute atomic E-state index is 13.1. The minimum absolute atomic E-state index is 0.0251. The van der Waals surface area contributed by atoms with Gasteiger partial charge in [-0.25, -0.2) is 4.39 Å². The van der Waals surface area contributed by atoms with Crippen molar-refractivity contribution in [3.8, 4) is 0 Å². The molecule has 6 nitrogen and oxygen atoms in total. The molecule has 1 aromatic heterocycles. The molecule has 1 N–H and O–H groups in total. The number of halogens is 1. The van der Waals surface area contributed by atoms with Gasteiger partial charge in [-0.2, -0.15) is 5.10 Å². The van der Waals surface area contributed by atoms with Crippen molar-refractivity contribution in [2.45, 2.75) is 52.1 Å². The summed E-state index contributed by atoms with van der Waals surface area (Å²) in [4.78, 5) is 27.4. The Morgan fingerprint density at radius 2 is 1.97 bits per heavy atom. The molecule has 0 spiro atoms. The van der Waals surface area contributed by atoms with E-state index in [0.29, 0.717) is 19.4 Å². The highest BCUT2D eigenvalue weighted by Crippen LogP contribution is 2.42. The van der Waals surface area contributed by atoms with Crippen molar-refractivity contribution in [1.29, 1.82) is 0 Å². The van der Waals surface area contributed by atoms with Crippen molar-refractivity contribution in [1.82, 2.24) is 20.0 Å². The zero-order valence-corrected chi connectivity index (χ0v) is 18.4. The van der Waals surface area contributed by atoms with Gasteiger partial charge in [-0.15, -0.1) is 0 Å². The molecule has 3 rings (SSSR count). The third kappa shape index (κ3) is 4.89. The summed E-state index contributed by atoms with van der Waals surface area (Å²) in [6.07, 6.45) is 4.67. The first-order valence-electron chi connectivity index (χ1n) is 10.4. The smallest absolute Gasteiger partial charge is 0.223 e. The van der Waals surface area contributed by atoms with Gasteiger partial charge in [0.25, 0.3) is 0 Å². The summed E-state index contributed by atoms with van der Waals surface area (Å²) >= 11 is 0. The zero-order chi connectivity index (χ0) is 22.1. The largest absolute Gasteiger partial charge is 0.355 e. The Bertz CT molecular complexity index is 901. The molecule has 1 aliphatic rings. The molecule has 1 fully saturated rings. The van der Waals surface area contributed by atoms with Crippen molar-refractivity contribution >= 4 is 11.8 Å². The summed E-state index contributed by atoms with van der Waals surface area (Å²) in [6.45, 7) is 8.36. The number of amides is 2. The highest BCUT2D eigenvalue weighted by Gasteiger charge is 2.45. The number of nitrogens with one attached hydrogen (secondary N) is 1. The molecule has 0 unspecified atom stereocenters. The Labute approximate surface area is 177 Å². The molecule has 0 bridgehead atoms. The molecule has 0 aliphatic carbocycles. The van der Waals surface area contributed by atoms with Gasteiger partial charge in [0.15, 0.2) is 0 Å². The molecular weight excluding hydrogens is 383 g/mol. The van der Waals surface area contributed by atoms with Crippen LogP contribution in [0.5, 0.6) is 0 Å². The van der Waals surface area contributed by atoms with Crippen molar-refractivity contribution in [3.05, 3.63) is 53.6 Å². The number of hydrogen-bond acceptors (Lipinski definition) is 3. The first-order valence-corrected chi connectivity index (χ1v) is 10.4. The van der Waals surface area contributed by atoms with E-state index in [4.69, 9.17) is 0 Å². The van der Waals surface area contributed by atoms with Crippen LogP contribution in [-0.4, -0.2) is 38.6 Å². The van der Waals surface area contributed by atoms with Crippen molar-refractivity contribution < 1.29 is 14.0 Å². The zero-order valence-electron chi connectivity index (χ0n) is 18.4. The normalized spacial score (nSPS) is 20.5. The lowest BCUT2D eigenvalue weighted by molar-refractivity contribution is -0.133. The van der Waals surface area contributed by atoms with Crippen LogP contribution in [0, 0.1) is 17.7 Å². The molecule has 2 heterocycles. The van der Waals surface area contributed by atoms with E-state index in [9.17, 15) is 14.0 Å². The topological polar surface area (TPSA) is 67.2 Å². The summed E-state index contributed by atoms with van der Waals surface area (Å²) in [5.41, 5.74) is 1.57. The van der Waals surface area contributed by atoms with E-state index in [-0.39, 0.29) is 41.0 Å². The fraction of sp³-hybridized carbons (Fsp3) is 0.522. The molecule has 2 aromatic rings. The van der Waals surface area contributed by atoms with Crippen LogP contribution in [-0.2, 0) is 23.1 Å². The quantitative estimate of drug-likeness (QED) is 0.789. The Kier molecular flexibility index (Phi) is 6.29. The molecule has 0 radical (unpaired) electrons. The first-order chi connectivity index (χ1) is 14.1. The summed E-state index contributed by atoms with van der Waals surface area (Å²) in [5, 5.41) is 7.31. The molecule has 162 valence electrons. The SMILES string of the molecule is C[C@H](Cc1ccc(F)cc1)C(=O)NC[C@@H]1CC(=O)N(C(C)(C)C)[C@H]1c1cnn(C)c1. The van der Waals surface area contributed by atoms with Gasteiger partial charge in [0, 0.05) is 49.1 Å². The van der Waals surface area contributed by atoms with Crippen molar-refractivity contribution in [2.24, 2.45) is 18.9 Å². The number of aromatic nitrogens is 2. The van der Waals surface area contributed by atoms with E-state index in [1.807, 2.05) is 45.8 Å². The maximum Gasteiger partial charge on any atom is 0.223 e. The number of carbonyl (C=O) groups is 2. The Balaban J connectivity index is 1.68. The Hall–Kier alpha value is -2.70. The monoisotopic (exact) mass is 414 g/mol. The molecule has 0 saturated carbocycles. The molecule has 1 aliphatic heterocycles. The molecule has 1 saturated heterocycles. The molecule has 1 aromatic carbocycles.